The van der Waals surface area contributed by atoms with E-state index in [0.717, 1.165) is 15.1 Å². The SMILES string of the molecule is O=C(COC(=O)C=Cc1cccs1)Nc1nc2ccccc2s1. The summed E-state index contributed by atoms with van der Waals surface area (Å²) in [7, 11) is 0. The van der Waals surface area contributed by atoms with Crippen LogP contribution in [-0.2, 0) is 14.3 Å². The highest BCUT2D eigenvalue weighted by atomic mass is 32.1. The van der Waals surface area contributed by atoms with Gasteiger partial charge in [-0.2, -0.15) is 0 Å². The number of nitrogens with zero attached hydrogens (tertiary/aromatic N) is 1. The van der Waals surface area contributed by atoms with Gasteiger partial charge in [-0.25, -0.2) is 9.78 Å². The number of para-hydroxylation sites is 1. The number of thiazole rings is 1. The molecule has 23 heavy (non-hydrogen) atoms. The molecular weight excluding hydrogens is 332 g/mol. The van der Waals surface area contributed by atoms with Crippen LogP contribution in [0.15, 0.2) is 47.9 Å². The van der Waals surface area contributed by atoms with Crippen molar-refractivity contribution in [1.82, 2.24) is 4.98 Å². The van der Waals surface area contributed by atoms with Gasteiger partial charge >= 0.3 is 5.97 Å². The molecule has 7 heteroatoms. The Labute approximate surface area is 140 Å². The van der Waals surface area contributed by atoms with Crippen LogP contribution in [0.2, 0.25) is 0 Å². The van der Waals surface area contributed by atoms with E-state index in [2.05, 4.69) is 10.3 Å². The largest absolute Gasteiger partial charge is 0.452 e. The molecule has 3 aromatic rings. The maximum absolute atomic E-state index is 11.8. The maximum atomic E-state index is 11.8. The summed E-state index contributed by atoms with van der Waals surface area (Å²) in [5.74, 6) is -0.972. The third-order valence-corrected chi connectivity index (χ3v) is 4.60. The first-order valence-electron chi connectivity index (χ1n) is 6.74. The molecule has 116 valence electrons. The quantitative estimate of drug-likeness (QED) is 0.568. The van der Waals surface area contributed by atoms with Crippen LogP contribution in [0.4, 0.5) is 5.13 Å². The van der Waals surface area contributed by atoms with E-state index in [4.69, 9.17) is 4.74 Å². The van der Waals surface area contributed by atoms with Crippen LogP contribution in [0.25, 0.3) is 16.3 Å². The highest BCUT2D eigenvalue weighted by Crippen LogP contribution is 2.25. The Balaban J connectivity index is 1.50. The number of rotatable bonds is 5. The van der Waals surface area contributed by atoms with Crippen LogP contribution < -0.4 is 5.32 Å². The highest BCUT2D eigenvalue weighted by Gasteiger charge is 2.09. The molecule has 1 aromatic carbocycles. The van der Waals surface area contributed by atoms with Gasteiger partial charge < -0.3 is 4.74 Å². The molecule has 5 nitrogen and oxygen atoms in total. The molecule has 0 unspecified atom stereocenters. The standard InChI is InChI=1S/C16H12N2O3S2/c19-14(10-21-15(20)8-7-11-4-3-9-22-11)18-16-17-12-5-1-2-6-13(12)23-16/h1-9H,10H2,(H,17,18,19). The first-order valence-corrected chi connectivity index (χ1v) is 8.44. The summed E-state index contributed by atoms with van der Waals surface area (Å²) in [6.45, 7) is -0.344. The fraction of sp³-hybridized carbons (Fsp3) is 0.0625. The lowest BCUT2D eigenvalue weighted by Gasteiger charge is -2.01. The van der Waals surface area contributed by atoms with E-state index in [1.165, 1.54) is 28.7 Å². The molecule has 0 radical (unpaired) electrons. The molecule has 2 heterocycles. The van der Waals surface area contributed by atoms with Crippen LogP contribution in [0, 0.1) is 0 Å². The van der Waals surface area contributed by atoms with Crippen molar-refractivity contribution in [3.63, 3.8) is 0 Å². The molecule has 1 N–H and O–H groups in total. The minimum Gasteiger partial charge on any atom is -0.452 e. The van der Waals surface area contributed by atoms with Crippen molar-refractivity contribution >= 4 is 56.0 Å². The molecule has 0 aliphatic heterocycles. The summed E-state index contributed by atoms with van der Waals surface area (Å²) in [6, 6.07) is 11.4. The predicted molar refractivity (Wildman–Crippen MR) is 92.6 cm³/mol. The summed E-state index contributed by atoms with van der Waals surface area (Å²) in [5.41, 5.74) is 0.823. The number of aromatic nitrogens is 1. The Morgan fingerprint density at radius 1 is 1.22 bits per heavy atom. The number of benzene rings is 1. The fourth-order valence-corrected chi connectivity index (χ4v) is 3.30. The zero-order valence-corrected chi connectivity index (χ0v) is 13.5. The summed E-state index contributed by atoms with van der Waals surface area (Å²) >= 11 is 2.88. The van der Waals surface area contributed by atoms with Crippen molar-refractivity contribution in [2.45, 2.75) is 0 Å². The number of amides is 1. The monoisotopic (exact) mass is 344 g/mol. The zero-order chi connectivity index (χ0) is 16.1. The molecule has 0 saturated heterocycles. The lowest BCUT2D eigenvalue weighted by Crippen LogP contribution is -2.19. The van der Waals surface area contributed by atoms with Crippen LogP contribution in [0.1, 0.15) is 4.88 Å². The Hall–Kier alpha value is -2.51. The average Bonchev–Trinajstić information content (AvgIpc) is 3.19. The Morgan fingerprint density at radius 3 is 2.87 bits per heavy atom. The molecule has 0 spiro atoms. The number of hydrogen-bond donors (Lipinski definition) is 1. The highest BCUT2D eigenvalue weighted by molar-refractivity contribution is 7.22. The lowest BCUT2D eigenvalue weighted by molar-refractivity contribution is -0.142. The van der Waals surface area contributed by atoms with E-state index in [1.54, 1.807) is 6.08 Å². The van der Waals surface area contributed by atoms with Crippen molar-refractivity contribution in [2.75, 3.05) is 11.9 Å². The fourth-order valence-electron chi connectivity index (χ4n) is 1.80. The Morgan fingerprint density at radius 2 is 2.09 bits per heavy atom. The number of fused-ring (bicyclic) bond motifs is 1. The predicted octanol–water partition coefficient (Wildman–Crippen LogP) is 3.55. The number of hydrogen-bond acceptors (Lipinski definition) is 6. The number of nitrogens with one attached hydrogen (secondary N) is 1. The van der Waals surface area contributed by atoms with Gasteiger partial charge in [0.05, 0.1) is 10.2 Å². The second-order valence-electron chi connectivity index (χ2n) is 4.49. The van der Waals surface area contributed by atoms with E-state index < -0.39 is 11.9 Å². The lowest BCUT2D eigenvalue weighted by atomic mass is 10.3. The maximum Gasteiger partial charge on any atom is 0.331 e. The molecular formula is C16H12N2O3S2. The minimum absolute atomic E-state index is 0.344. The van der Waals surface area contributed by atoms with Crippen molar-refractivity contribution < 1.29 is 14.3 Å². The van der Waals surface area contributed by atoms with E-state index >= 15 is 0 Å². The smallest absolute Gasteiger partial charge is 0.331 e. The molecule has 1 amide bonds. The van der Waals surface area contributed by atoms with Crippen molar-refractivity contribution in [2.24, 2.45) is 0 Å². The number of carbonyl (C=O) groups excluding carboxylic acids is 2. The number of thiophene rings is 1. The first kappa shape index (κ1) is 15.4. The van der Waals surface area contributed by atoms with Crippen LogP contribution >= 0.6 is 22.7 Å². The number of esters is 1. The van der Waals surface area contributed by atoms with Crippen molar-refractivity contribution in [3.8, 4) is 0 Å². The van der Waals surface area contributed by atoms with Gasteiger partial charge in [-0.3, -0.25) is 10.1 Å². The van der Waals surface area contributed by atoms with Gasteiger partial charge in [0.2, 0.25) is 0 Å². The number of ether oxygens (including phenoxy) is 1. The molecule has 0 aliphatic rings. The summed E-state index contributed by atoms with van der Waals surface area (Å²) < 4.78 is 5.88. The van der Waals surface area contributed by atoms with E-state index in [9.17, 15) is 9.59 Å². The molecule has 0 aliphatic carbocycles. The van der Waals surface area contributed by atoms with Gasteiger partial charge in [0.15, 0.2) is 11.7 Å². The van der Waals surface area contributed by atoms with Crippen molar-refractivity contribution in [3.05, 3.63) is 52.7 Å². The van der Waals surface area contributed by atoms with Gasteiger partial charge in [-0.15, -0.1) is 11.3 Å². The third kappa shape index (κ3) is 4.24. The van der Waals surface area contributed by atoms with Crippen LogP contribution in [0.5, 0.6) is 0 Å². The normalized spacial score (nSPS) is 11.0. The van der Waals surface area contributed by atoms with Gasteiger partial charge in [0.25, 0.3) is 5.91 Å². The molecule has 0 bridgehead atoms. The van der Waals surface area contributed by atoms with Crippen molar-refractivity contribution in [1.29, 1.82) is 0 Å². The molecule has 0 fully saturated rings. The van der Waals surface area contributed by atoms with Gasteiger partial charge in [-0.1, -0.05) is 29.5 Å². The minimum atomic E-state index is -0.558. The first-order chi connectivity index (χ1) is 11.2. The van der Waals surface area contributed by atoms with E-state index in [0.29, 0.717) is 5.13 Å². The molecule has 3 rings (SSSR count). The molecule has 0 saturated carbocycles. The number of anilines is 1. The summed E-state index contributed by atoms with van der Waals surface area (Å²) in [5, 5.41) is 5.03. The van der Waals surface area contributed by atoms with E-state index in [1.807, 2.05) is 41.8 Å². The van der Waals surface area contributed by atoms with Crippen LogP contribution in [-0.4, -0.2) is 23.5 Å². The zero-order valence-electron chi connectivity index (χ0n) is 11.9. The second kappa shape index (κ2) is 7.17. The molecule has 2 aromatic heterocycles. The van der Waals surface area contributed by atoms with Gasteiger partial charge in [0, 0.05) is 11.0 Å². The average molecular weight is 344 g/mol. The second-order valence-corrected chi connectivity index (χ2v) is 6.50. The summed E-state index contributed by atoms with van der Waals surface area (Å²) in [6.07, 6.45) is 2.95. The number of carbonyl (C=O) groups is 2. The van der Waals surface area contributed by atoms with Gasteiger partial charge in [0.1, 0.15) is 0 Å². The summed E-state index contributed by atoms with van der Waals surface area (Å²) in [4.78, 5) is 28.6. The Kier molecular flexibility index (Phi) is 4.80. The van der Waals surface area contributed by atoms with E-state index in [-0.39, 0.29) is 6.61 Å². The van der Waals surface area contributed by atoms with Crippen LogP contribution in [0.3, 0.4) is 0 Å². The Bertz CT molecular complexity index is 820. The molecule has 0 atom stereocenters. The van der Waals surface area contributed by atoms with Gasteiger partial charge in [-0.05, 0) is 29.7 Å². The third-order valence-electron chi connectivity index (χ3n) is 2.81. The topological polar surface area (TPSA) is 68.3 Å².